The molecule has 1 aromatic carbocycles. The quantitative estimate of drug-likeness (QED) is 0.870. The summed E-state index contributed by atoms with van der Waals surface area (Å²) in [6.07, 6.45) is 1.40. The summed E-state index contributed by atoms with van der Waals surface area (Å²) in [5.74, 6) is 0.394. The van der Waals surface area contributed by atoms with Gasteiger partial charge in [0.05, 0.1) is 0 Å². The van der Waals surface area contributed by atoms with Crippen molar-refractivity contribution in [2.24, 2.45) is 11.7 Å². The average Bonchev–Trinajstić information content (AvgIpc) is 2.37. The highest BCUT2D eigenvalue weighted by molar-refractivity contribution is 5.93. The lowest BCUT2D eigenvalue weighted by Crippen LogP contribution is -2.36. The van der Waals surface area contributed by atoms with Crippen molar-refractivity contribution in [1.82, 2.24) is 0 Å². The van der Waals surface area contributed by atoms with Gasteiger partial charge in [-0.15, -0.1) is 0 Å². The highest BCUT2D eigenvalue weighted by atomic mass is 16.2. The molecule has 0 radical (unpaired) electrons. The van der Waals surface area contributed by atoms with Crippen molar-refractivity contribution < 1.29 is 4.79 Å². The van der Waals surface area contributed by atoms with E-state index in [-0.39, 0.29) is 11.9 Å². The molecule has 3 heteroatoms. The SMILES string of the molecule is CCc1ccc(N(C)C(=O)CC(N)C(C)C)cc1. The molecule has 0 saturated heterocycles. The van der Waals surface area contributed by atoms with Crippen LogP contribution in [0, 0.1) is 5.92 Å². The van der Waals surface area contributed by atoms with Gasteiger partial charge in [-0.05, 0) is 30.0 Å². The first-order valence-electron chi connectivity index (χ1n) is 6.56. The summed E-state index contributed by atoms with van der Waals surface area (Å²) >= 11 is 0. The van der Waals surface area contributed by atoms with E-state index in [0.717, 1.165) is 12.1 Å². The molecule has 1 unspecified atom stereocenters. The molecule has 1 aromatic rings. The third kappa shape index (κ3) is 3.84. The Morgan fingerprint density at radius 2 is 1.83 bits per heavy atom. The van der Waals surface area contributed by atoms with E-state index in [1.165, 1.54) is 5.56 Å². The first-order valence-corrected chi connectivity index (χ1v) is 6.56. The summed E-state index contributed by atoms with van der Waals surface area (Å²) in [7, 11) is 1.80. The van der Waals surface area contributed by atoms with Gasteiger partial charge in [0.15, 0.2) is 0 Å². The zero-order valence-electron chi connectivity index (χ0n) is 11.8. The molecule has 0 aliphatic heterocycles. The largest absolute Gasteiger partial charge is 0.327 e. The number of carbonyl (C=O) groups excluding carboxylic acids is 1. The standard InChI is InChI=1S/C15H24N2O/c1-5-12-6-8-13(9-7-12)17(4)15(18)10-14(16)11(2)3/h6-9,11,14H,5,10,16H2,1-4H3. The second-order valence-electron chi connectivity index (χ2n) is 5.08. The van der Waals surface area contributed by atoms with Gasteiger partial charge < -0.3 is 10.6 Å². The van der Waals surface area contributed by atoms with E-state index in [2.05, 4.69) is 19.1 Å². The van der Waals surface area contributed by atoms with Crippen LogP contribution in [0.4, 0.5) is 5.69 Å². The molecule has 0 heterocycles. The van der Waals surface area contributed by atoms with Gasteiger partial charge in [0, 0.05) is 25.2 Å². The molecular weight excluding hydrogens is 224 g/mol. The Kier molecular flexibility index (Phi) is 5.35. The molecule has 0 bridgehead atoms. The molecule has 100 valence electrons. The molecule has 0 saturated carbocycles. The van der Waals surface area contributed by atoms with Crippen molar-refractivity contribution in [3.8, 4) is 0 Å². The van der Waals surface area contributed by atoms with Gasteiger partial charge in [-0.25, -0.2) is 0 Å². The Labute approximate surface area is 110 Å². The summed E-state index contributed by atoms with van der Waals surface area (Å²) in [5, 5.41) is 0. The minimum atomic E-state index is -0.0742. The molecule has 0 aliphatic rings. The smallest absolute Gasteiger partial charge is 0.228 e. The fourth-order valence-electron chi connectivity index (χ4n) is 1.67. The van der Waals surface area contributed by atoms with Crippen LogP contribution in [-0.4, -0.2) is 19.0 Å². The van der Waals surface area contributed by atoms with Crippen LogP contribution < -0.4 is 10.6 Å². The van der Waals surface area contributed by atoms with E-state index in [4.69, 9.17) is 5.73 Å². The number of nitrogens with two attached hydrogens (primary N) is 1. The molecule has 18 heavy (non-hydrogen) atoms. The number of rotatable bonds is 5. The van der Waals surface area contributed by atoms with Crippen molar-refractivity contribution >= 4 is 11.6 Å². The Morgan fingerprint density at radius 1 is 1.28 bits per heavy atom. The molecule has 1 atom stereocenters. The van der Waals surface area contributed by atoms with Crippen molar-refractivity contribution in [1.29, 1.82) is 0 Å². The first kappa shape index (κ1) is 14.7. The predicted octanol–water partition coefficient (Wildman–Crippen LogP) is 2.59. The number of amides is 1. The molecule has 3 nitrogen and oxygen atoms in total. The molecular formula is C15H24N2O. The van der Waals surface area contributed by atoms with Crippen molar-refractivity contribution in [2.75, 3.05) is 11.9 Å². The summed E-state index contributed by atoms with van der Waals surface area (Å²) in [6.45, 7) is 6.19. The van der Waals surface area contributed by atoms with Gasteiger partial charge in [0.25, 0.3) is 0 Å². The van der Waals surface area contributed by atoms with Crippen LogP contribution in [0.15, 0.2) is 24.3 Å². The number of nitrogens with zero attached hydrogens (tertiary/aromatic N) is 1. The minimum absolute atomic E-state index is 0.0699. The summed E-state index contributed by atoms with van der Waals surface area (Å²) < 4.78 is 0. The van der Waals surface area contributed by atoms with Gasteiger partial charge in [0.2, 0.25) is 5.91 Å². The highest BCUT2D eigenvalue weighted by Gasteiger charge is 2.17. The van der Waals surface area contributed by atoms with Crippen LogP contribution in [0.3, 0.4) is 0 Å². The van der Waals surface area contributed by atoms with Crippen LogP contribution >= 0.6 is 0 Å². The number of hydrogen-bond acceptors (Lipinski definition) is 2. The fraction of sp³-hybridized carbons (Fsp3) is 0.533. The lowest BCUT2D eigenvalue weighted by atomic mass is 10.0. The third-order valence-electron chi connectivity index (χ3n) is 3.37. The first-order chi connectivity index (χ1) is 8.45. The van der Waals surface area contributed by atoms with E-state index in [0.29, 0.717) is 12.3 Å². The normalized spacial score (nSPS) is 12.6. The maximum atomic E-state index is 12.1. The molecule has 0 fully saturated rings. The Morgan fingerprint density at radius 3 is 2.28 bits per heavy atom. The lowest BCUT2D eigenvalue weighted by Gasteiger charge is -2.21. The van der Waals surface area contributed by atoms with Gasteiger partial charge in [-0.3, -0.25) is 4.79 Å². The third-order valence-corrected chi connectivity index (χ3v) is 3.37. The Balaban J connectivity index is 2.67. The fourth-order valence-corrected chi connectivity index (χ4v) is 1.67. The van der Waals surface area contributed by atoms with E-state index in [1.54, 1.807) is 11.9 Å². The number of benzene rings is 1. The Bertz CT molecular complexity index is 384. The second-order valence-corrected chi connectivity index (χ2v) is 5.08. The van der Waals surface area contributed by atoms with E-state index >= 15 is 0 Å². The Hall–Kier alpha value is -1.35. The van der Waals surface area contributed by atoms with Gasteiger partial charge in [-0.1, -0.05) is 32.9 Å². The summed E-state index contributed by atoms with van der Waals surface area (Å²) in [4.78, 5) is 13.7. The maximum absolute atomic E-state index is 12.1. The summed E-state index contributed by atoms with van der Waals surface area (Å²) in [6, 6.07) is 8.01. The number of hydrogen-bond donors (Lipinski definition) is 1. The summed E-state index contributed by atoms with van der Waals surface area (Å²) in [5.41, 5.74) is 8.13. The van der Waals surface area contributed by atoms with Crippen LogP contribution in [0.1, 0.15) is 32.8 Å². The van der Waals surface area contributed by atoms with Crippen LogP contribution in [0.25, 0.3) is 0 Å². The maximum Gasteiger partial charge on any atom is 0.228 e. The van der Waals surface area contributed by atoms with Gasteiger partial charge in [-0.2, -0.15) is 0 Å². The number of anilines is 1. The van der Waals surface area contributed by atoms with E-state index < -0.39 is 0 Å². The molecule has 1 rings (SSSR count). The van der Waals surface area contributed by atoms with Crippen molar-refractivity contribution in [3.63, 3.8) is 0 Å². The van der Waals surface area contributed by atoms with E-state index in [1.807, 2.05) is 26.0 Å². The zero-order chi connectivity index (χ0) is 13.7. The number of carbonyl (C=O) groups is 1. The second kappa shape index (κ2) is 6.55. The van der Waals surface area contributed by atoms with Gasteiger partial charge >= 0.3 is 0 Å². The van der Waals surface area contributed by atoms with Crippen molar-refractivity contribution in [3.05, 3.63) is 29.8 Å². The van der Waals surface area contributed by atoms with Crippen LogP contribution in [0.5, 0.6) is 0 Å². The molecule has 1 amide bonds. The topological polar surface area (TPSA) is 46.3 Å². The molecule has 0 aromatic heterocycles. The predicted molar refractivity (Wildman–Crippen MR) is 76.7 cm³/mol. The average molecular weight is 248 g/mol. The highest BCUT2D eigenvalue weighted by Crippen LogP contribution is 2.16. The lowest BCUT2D eigenvalue weighted by molar-refractivity contribution is -0.118. The number of aryl methyl sites for hydroxylation is 1. The molecule has 0 aliphatic carbocycles. The zero-order valence-corrected chi connectivity index (χ0v) is 11.8. The molecule has 0 spiro atoms. The van der Waals surface area contributed by atoms with Crippen LogP contribution in [-0.2, 0) is 11.2 Å². The van der Waals surface area contributed by atoms with Crippen LogP contribution in [0.2, 0.25) is 0 Å². The molecule has 2 N–H and O–H groups in total. The minimum Gasteiger partial charge on any atom is -0.327 e. The van der Waals surface area contributed by atoms with Gasteiger partial charge in [0.1, 0.15) is 0 Å². The van der Waals surface area contributed by atoms with Crippen molar-refractivity contribution in [2.45, 2.75) is 39.7 Å². The van der Waals surface area contributed by atoms with E-state index in [9.17, 15) is 4.79 Å². The monoisotopic (exact) mass is 248 g/mol.